The summed E-state index contributed by atoms with van der Waals surface area (Å²) in [6.45, 7) is 4.02. The largest absolute Gasteiger partial charge is 0.416 e. The van der Waals surface area contributed by atoms with Gasteiger partial charge in [0, 0.05) is 17.6 Å². The number of nitrogens with zero attached hydrogens (tertiary/aromatic N) is 3. The molecule has 2 aromatic rings. The van der Waals surface area contributed by atoms with Crippen molar-refractivity contribution in [2.75, 3.05) is 4.90 Å². The Kier molecular flexibility index (Phi) is 5.02. The molecule has 0 radical (unpaired) electrons. The van der Waals surface area contributed by atoms with Crippen LogP contribution in [0.1, 0.15) is 63.3 Å². The molecule has 2 aliphatic rings. The van der Waals surface area contributed by atoms with Crippen molar-refractivity contribution in [3.05, 3.63) is 35.7 Å². The maximum atomic E-state index is 13.0. The summed E-state index contributed by atoms with van der Waals surface area (Å²) in [5.41, 5.74) is 2.27. The zero-order chi connectivity index (χ0) is 18.1. The van der Waals surface area contributed by atoms with Crippen LogP contribution in [-0.4, -0.2) is 27.4 Å². The Hall–Kier alpha value is -1.82. The standard InChI is InChI=1S/C20H25N3O2S/c1-13-12-16-10-6-7-11-17(16)23(13)19(24)14(2)26-20-22-21-18(25-20)15-8-4-3-5-9-15/h6-7,10-11,13-15H,3-5,8-9,12H2,1-2H3. The molecular formula is C20H25N3O2S. The number of hydrogen-bond acceptors (Lipinski definition) is 5. The van der Waals surface area contributed by atoms with Crippen LogP contribution in [0.5, 0.6) is 0 Å². The molecule has 6 heteroatoms. The maximum absolute atomic E-state index is 13.0. The van der Waals surface area contributed by atoms with E-state index in [9.17, 15) is 4.79 Å². The highest BCUT2D eigenvalue weighted by molar-refractivity contribution is 8.00. The number of para-hydroxylation sites is 1. The molecule has 138 valence electrons. The Morgan fingerprint density at radius 1 is 1.23 bits per heavy atom. The lowest BCUT2D eigenvalue weighted by Crippen LogP contribution is -2.40. The van der Waals surface area contributed by atoms with Gasteiger partial charge in [-0.3, -0.25) is 4.79 Å². The summed E-state index contributed by atoms with van der Waals surface area (Å²) in [6, 6.07) is 8.34. The van der Waals surface area contributed by atoms with Crippen LogP contribution in [0.4, 0.5) is 5.69 Å². The molecule has 0 N–H and O–H groups in total. The fourth-order valence-corrected chi connectivity index (χ4v) is 4.82. The molecule has 4 rings (SSSR count). The van der Waals surface area contributed by atoms with Crippen LogP contribution in [0.25, 0.3) is 0 Å². The molecule has 5 nitrogen and oxygen atoms in total. The van der Waals surface area contributed by atoms with E-state index in [1.807, 2.05) is 30.0 Å². The fourth-order valence-electron chi connectivity index (χ4n) is 4.08. The highest BCUT2D eigenvalue weighted by Crippen LogP contribution is 2.36. The van der Waals surface area contributed by atoms with Crippen molar-refractivity contribution in [3.8, 4) is 0 Å². The van der Waals surface area contributed by atoms with Crippen LogP contribution >= 0.6 is 11.8 Å². The van der Waals surface area contributed by atoms with Gasteiger partial charge >= 0.3 is 0 Å². The van der Waals surface area contributed by atoms with E-state index < -0.39 is 0 Å². The normalized spacial score (nSPS) is 21.6. The van der Waals surface area contributed by atoms with E-state index in [1.165, 1.54) is 36.6 Å². The zero-order valence-corrected chi connectivity index (χ0v) is 16.2. The van der Waals surface area contributed by atoms with Gasteiger partial charge in [-0.2, -0.15) is 0 Å². The lowest BCUT2D eigenvalue weighted by atomic mass is 9.89. The van der Waals surface area contributed by atoms with Crippen LogP contribution < -0.4 is 4.90 Å². The van der Waals surface area contributed by atoms with Gasteiger partial charge in [0.15, 0.2) is 0 Å². The molecule has 1 aromatic heterocycles. The summed E-state index contributed by atoms with van der Waals surface area (Å²) in [5, 5.41) is 8.66. The third-order valence-corrected chi connectivity index (χ3v) is 6.37. The number of anilines is 1. The predicted molar refractivity (Wildman–Crippen MR) is 103 cm³/mol. The maximum Gasteiger partial charge on any atom is 0.277 e. The van der Waals surface area contributed by atoms with Crippen molar-refractivity contribution in [3.63, 3.8) is 0 Å². The molecule has 26 heavy (non-hydrogen) atoms. The van der Waals surface area contributed by atoms with Crippen LogP contribution in [0.15, 0.2) is 33.9 Å². The molecule has 2 unspecified atom stereocenters. The lowest BCUT2D eigenvalue weighted by Gasteiger charge is -2.25. The minimum atomic E-state index is -0.261. The van der Waals surface area contributed by atoms with Gasteiger partial charge in [0.2, 0.25) is 11.8 Å². The molecule has 1 amide bonds. The Morgan fingerprint density at radius 2 is 2.00 bits per heavy atom. The third kappa shape index (κ3) is 3.39. The number of amides is 1. The first-order valence-corrected chi connectivity index (χ1v) is 10.4. The number of fused-ring (bicyclic) bond motifs is 1. The van der Waals surface area contributed by atoms with E-state index in [1.54, 1.807) is 0 Å². The first-order valence-electron chi connectivity index (χ1n) is 9.54. The molecule has 0 spiro atoms. The minimum Gasteiger partial charge on any atom is -0.416 e. The Morgan fingerprint density at radius 3 is 2.81 bits per heavy atom. The third-order valence-electron chi connectivity index (χ3n) is 5.45. The van der Waals surface area contributed by atoms with Crippen molar-refractivity contribution < 1.29 is 9.21 Å². The number of benzene rings is 1. The Bertz CT molecular complexity index is 785. The van der Waals surface area contributed by atoms with E-state index >= 15 is 0 Å². The Labute approximate surface area is 158 Å². The summed E-state index contributed by atoms with van der Waals surface area (Å²) in [7, 11) is 0. The van der Waals surface area contributed by atoms with E-state index in [0.717, 1.165) is 30.8 Å². The lowest BCUT2D eigenvalue weighted by molar-refractivity contribution is -0.118. The van der Waals surface area contributed by atoms with Crippen LogP contribution in [-0.2, 0) is 11.2 Å². The summed E-state index contributed by atoms with van der Waals surface area (Å²) >= 11 is 1.37. The van der Waals surface area contributed by atoms with Gasteiger partial charge in [0.1, 0.15) is 0 Å². The number of thioether (sulfide) groups is 1. The quantitative estimate of drug-likeness (QED) is 0.737. The second kappa shape index (κ2) is 7.43. The van der Waals surface area contributed by atoms with E-state index in [4.69, 9.17) is 4.42 Å². The summed E-state index contributed by atoms with van der Waals surface area (Å²) in [6.07, 6.45) is 6.93. The number of carbonyl (C=O) groups is 1. The topological polar surface area (TPSA) is 59.2 Å². The average Bonchev–Trinajstić information content (AvgIpc) is 3.25. The summed E-state index contributed by atoms with van der Waals surface area (Å²) < 4.78 is 5.87. The second-order valence-corrected chi connectivity index (χ2v) is 8.68. The molecule has 2 atom stereocenters. The first-order chi connectivity index (χ1) is 12.6. The molecule has 1 saturated carbocycles. The van der Waals surface area contributed by atoms with Crippen LogP contribution in [0.2, 0.25) is 0 Å². The molecule has 0 saturated heterocycles. The molecule has 1 fully saturated rings. The molecule has 1 aliphatic carbocycles. The van der Waals surface area contributed by atoms with Gasteiger partial charge in [0.05, 0.1) is 5.25 Å². The summed E-state index contributed by atoms with van der Waals surface area (Å²) in [5.74, 6) is 1.23. The fraction of sp³-hybridized carbons (Fsp3) is 0.550. The Balaban J connectivity index is 1.44. The monoisotopic (exact) mass is 371 g/mol. The SMILES string of the molecule is CC(Sc1nnc(C2CCCCC2)o1)C(=O)N1c2ccccc2CC1C. The van der Waals surface area contributed by atoms with Gasteiger partial charge in [-0.15, -0.1) is 10.2 Å². The predicted octanol–water partition coefficient (Wildman–Crippen LogP) is 4.58. The van der Waals surface area contributed by atoms with E-state index in [2.05, 4.69) is 23.2 Å². The second-order valence-electron chi connectivity index (χ2n) is 7.39. The van der Waals surface area contributed by atoms with Crippen molar-refractivity contribution in [1.82, 2.24) is 10.2 Å². The van der Waals surface area contributed by atoms with Gasteiger partial charge in [-0.25, -0.2) is 0 Å². The molecule has 1 aliphatic heterocycles. The van der Waals surface area contributed by atoms with Crippen molar-refractivity contribution in [2.45, 2.75) is 74.8 Å². The number of rotatable bonds is 4. The first kappa shape index (κ1) is 17.6. The zero-order valence-electron chi connectivity index (χ0n) is 15.4. The van der Waals surface area contributed by atoms with E-state index in [0.29, 0.717) is 11.1 Å². The number of carbonyl (C=O) groups excluding carboxylic acids is 1. The van der Waals surface area contributed by atoms with Gasteiger partial charge < -0.3 is 9.32 Å². The molecule has 2 heterocycles. The highest BCUT2D eigenvalue weighted by Gasteiger charge is 2.34. The van der Waals surface area contributed by atoms with Crippen LogP contribution in [0.3, 0.4) is 0 Å². The summed E-state index contributed by atoms with van der Waals surface area (Å²) in [4.78, 5) is 15.0. The van der Waals surface area contributed by atoms with Gasteiger partial charge in [-0.05, 0) is 44.7 Å². The van der Waals surface area contributed by atoms with Gasteiger partial charge in [-0.1, -0.05) is 49.2 Å². The van der Waals surface area contributed by atoms with E-state index in [-0.39, 0.29) is 17.2 Å². The van der Waals surface area contributed by atoms with Crippen molar-refractivity contribution >= 4 is 23.4 Å². The number of aromatic nitrogens is 2. The smallest absolute Gasteiger partial charge is 0.277 e. The molecular weight excluding hydrogens is 346 g/mol. The molecule has 1 aromatic carbocycles. The van der Waals surface area contributed by atoms with Crippen molar-refractivity contribution in [1.29, 1.82) is 0 Å². The number of hydrogen-bond donors (Lipinski definition) is 0. The van der Waals surface area contributed by atoms with Gasteiger partial charge in [0.25, 0.3) is 5.22 Å². The van der Waals surface area contributed by atoms with Crippen molar-refractivity contribution in [2.24, 2.45) is 0 Å². The highest BCUT2D eigenvalue weighted by atomic mass is 32.2. The molecule has 0 bridgehead atoms. The van der Waals surface area contributed by atoms with Crippen LogP contribution in [0, 0.1) is 0 Å². The average molecular weight is 372 g/mol. The minimum absolute atomic E-state index is 0.102.